The van der Waals surface area contributed by atoms with Crippen molar-refractivity contribution in [2.45, 2.75) is 87.8 Å². The lowest BCUT2D eigenvalue weighted by Gasteiger charge is -2.37. The van der Waals surface area contributed by atoms with Gasteiger partial charge in [-0.2, -0.15) is 0 Å². The van der Waals surface area contributed by atoms with Crippen molar-refractivity contribution in [2.75, 3.05) is 24.5 Å². The summed E-state index contributed by atoms with van der Waals surface area (Å²) in [6.45, 7) is 5.85. The predicted octanol–water partition coefficient (Wildman–Crippen LogP) is 4.37. The molecule has 1 N–H and O–H groups in total. The largest absolute Gasteiger partial charge is 0.353 e. The normalized spacial score (nSPS) is 19.1. The molecule has 7 heteroatoms. The Kier molecular flexibility index (Phi) is 9.45. The van der Waals surface area contributed by atoms with E-state index in [1.807, 2.05) is 31.2 Å². The lowest BCUT2D eigenvalue weighted by molar-refractivity contribution is -0.135. The molecule has 0 bridgehead atoms. The summed E-state index contributed by atoms with van der Waals surface area (Å²) in [5.74, 6) is -0.112. The van der Waals surface area contributed by atoms with Crippen LogP contribution in [-0.2, 0) is 14.4 Å². The quantitative estimate of drug-likeness (QED) is 0.417. The molecule has 0 saturated carbocycles. The number of nitrogens with one attached hydrogen (secondary N) is 1. The van der Waals surface area contributed by atoms with Crippen LogP contribution in [0, 0.1) is 0 Å². The van der Waals surface area contributed by atoms with Crippen molar-refractivity contribution >= 4 is 35.2 Å². The molecule has 0 aliphatic carbocycles. The van der Waals surface area contributed by atoms with Crippen LogP contribution in [0.3, 0.4) is 0 Å². The van der Waals surface area contributed by atoms with Crippen molar-refractivity contribution in [1.82, 2.24) is 10.2 Å². The van der Waals surface area contributed by atoms with Crippen molar-refractivity contribution in [3.05, 3.63) is 24.3 Å². The van der Waals surface area contributed by atoms with Crippen molar-refractivity contribution in [3.63, 3.8) is 0 Å². The van der Waals surface area contributed by atoms with Gasteiger partial charge in [-0.25, -0.2) is 0 Å². The zero-order valence-corrected chi connectivity index (χ0v) is 20.3. The molecule has 1 fully saturated rings. The number of fused-ring (bicyclic) bond motifs is 1. The molecule has 3 rings (SSSR count). The van der Waals surface area contributed by atoms with Gasteiger partial charge in [0, 0.05) is 37.0 Å². The van der Waals surface area contributed by atoms with E-state index in [1.54, 1.807) is 9.80 Å². The Labute approximate surface area is 196 Å². The number of hydrogen-bond donors (Lipinski definition) is 1. The monoisotopic (exact) mass is 459 g/mol. The maximum absolute atomic E-state index is 13.2. The molecule has 32 heavy (non-hydrogen) atoms. The van der Waals surface area contributed by atoms with Crippen molar-refractivity contribution < 1.29 is 14.4 Å². The van der Waals surface area contributed by atoms with E-state index in [2.05, 4.69) is 12.2 Å². The van der Waals surface area contributed by atoms with Gasteiger partial charge in [0.05, 0.1) is 5.69 Å². The maximum atomic E-state index is 13.2. The number of likely N-dealkylation sites (tertiary alicyclic amines) is 1. The summed E-state index contributed by atoms with van der Waals surface area (Å²) in [7, 11) is 0. The number of anilines is 1. The highest BCUT2D eigenvalue weighted by Crippen LogP contribution is 2.39. The fourth-order valence-corrected chi connectivity index (χ4v) is 5.66. The van der Waals surface area contributed by atoms with Gasteiger partial charge in [0.1, 0.15) is 0 Å². The summed E-state index contributed by atoms with van der Waals surface area (Å²) in [5.41, 5.74) is 0.890. The number of hydrogen-bond acceptors (Lipinski definition) is 4. The Hall–Kier alpha value is -2.02. The Morgan fingerprint density at radius 1 is 1.03 bits per heavy atom. The van der Waals surface area contributed by atoms with E-state index < -0.39 is 5.25 Å². The highest BCUT2D eigenvalue weighted by Gasteiger charge is 2.40. The van der Waals surface area contributed by atoms with Crippen LogP contribution >= 0.6 is 11.8 Å². The zero-order chi connectivity index (χ0) is 22.9. The smallest absolute Gasteiger partial charge is 0.250 e. The number of rotatable bonds is 10. The standard InChI is InChI=1S/C25H37N3O3S/c1-3-5-6-7-8-9-14-22(29)26-19-15-17-27(18-16-19)24(30)23-25(31)28(4-2)20-12-10-11-13-21(20)32-23/h10-13,19,23H,3-9,14-18H2,1-2H3,(H,26,29). The molecule has 2 aliphatic rings. The van der Waals surface area contributed by atoms with E-state index in [4.69, 9.17) is 0 Å². The zero-order valence-electron chi connectivity index (χ0n) is 19.5. The van der Waals surface area contributed by atoms with E-state index in [1.165, 1.54) is 37.4 Å². The van der Waals surface area contributed by atoms with Crippen LogP contribution in [0.2, 0.25) is 0 Å². The van der Waals surface area contributed by atoms with Crippen molar-refractivity contribution in [3.8, 4) is 0 Å². The maximum Gasteiger partial charge on any atom is 0.250 e. The average Bonchev–Trinajstić information content (AvgIpc) is 2.81. The minimum absolute atomic E-state index is 0.107. The molecule has 1 aromatic rings. The number of piperidine rings is 1. The third-order valence-electron chi connectivity index (χ3n) is 6.36. The molecular weight excluding hydrogens is 422 g/mol. The van der Waals surface area contributed by atoms with Crippen LogP contribution in [0.25, 0.3) is 0 Å². The number of thioether (sulfide) groups is 1. The fourth-order valence-electron chi connectivity index (χ4n) is 4.48. The lowest BCUT2D eigenvalue weighted by Crippen LogP contribution is -2.53. The van der Waals surface area contributed by atoms with Gasteiger partial charge in [-0.05, 0) is 38.3 Å². The molecule has 1 saturated heterocycles. The van der Waals surface area contributed by atoms with Crippen molar-refractivity contribution in [2.24, 2.45) is 0 Å². The first-order valence-electron chi connectivity index (χ1n) is 12.2. The van der Waals surface area contributed by atoms with Gasteiger partial charge in [-0.15, -0.1) is 11.8 Å². The van der Waals surface area contributed by atoms with E-state index in [0.717, 1.165) is 36.3 Å². The number of carbonyl (C=O) groups excluding carboxylic acids is 3. The average molecular weight is 460 g/mol. The Bertz CT molecular complexity index is 792. The second-order valence-corrected chi connectivity index (χ2v) is 9.88. The minimum Gasteiger partial charge on any atom is -0.353 e. The van der Waals surface area contributed by atoms with Crippen LogP contribution in [0.4, 0.5) is 5.69 Å². The molecule has 1 unspecified atom stereocenters. The van der Waals surface area contributed by atoms with Crippen molar-refractivity contribution in [1.29, 1.82) is 0 Å². The van der Waals surface area contributed by atoms with Gasteiger partial charge in [-0.3, -0.25) is 14.4 Å². The van der Waals surface area contributed by atoms with Crippen LogP contribution in [0.15, 0.2) is 29.2 Å². The van der Waals surface area contributed by atoms with Gasteiger partial charge in [-0.1, -0.05) is 51.2 Å². The first-order chi connectivity index (χ1) is 15.5. The molecule has 2 aliphatic heterocycles. The van der Waals surface area contributed by atoms with E-state index >= 15 is 0 Å². The van der Waals surface area contributed by atoms with Crippen LogP contribution in [-0.4, -0.2) is 53.5 Å². The van der Waals surface area contributed by atoms with Gasteiger partial charge in [0.15, 0.2) is 5.25 Å². The summed E-state index contributed by atoms with van der Waals surface area (Å²) >= 11 is 1.36. The third kappa shape index (κ3) is 6.27. The fraction of sp³-hybridized carbons (Fsp3) is 0.640. The van der Waals surface area contributed by atoms with Crippen LogP contribution in [0.5, 0.6) is 0 Å². The first kappa shape index (κ1) is 24.6. The second-order valence-electron chi connectivity index (χ2n) is 8.73. The van der Waals surface area contributed by atoms with Gasteiger partial charge >= 0.3 is 0 Å². The summed E-state index contributed by atoms with van der Waals surface area (Å²) in [5, 5.41) is 2.42. The first-order valence-corrected chi connectivity index (χ1v) is 13.1. The lowest BCUT2D eigenvalue weighted by atomic mass is 10.0. The molecule has 176 valence electrons. The summed E-state index contributed by atoms with van der Waals surface area (Å²) in [6.07, 6.45) is 9.12. The molecule has 0 radical (unpaired) electrons. The highest BCUT2D eigenvalue weighted by atomic mass is 32.2. The Morgan fingerprint density at radius 2 is 1.72 bits per heavy atom. The number of carbonyl (C=O) groups is 3. The molecule has 1 atom stereocenters. The summed E-state index contributed by atoms with van der Waals surface area (Å²) in [4.78, 5) is 42.9. The minimum atomic E-state index is -0.719. The SMILES string of the molecule is CCCCCCCCC(=O)NC1CCN(C(=O)C2Sc3ccccc3N(CC)C2=O)CC1. The molecule has 3 amide bonds. The van der Waals surface area contributed by atoms with Gasteiger partial charge < -0.3 is 15.1 Å². The van der Waals surface area contributed by atoms with Crippen LogP contribution < -0.4 is 10.2 Å². The van der Waals surface area contributed by atoms with E-state index in [0.29, 0.717) is 26.1 Å². The topological polar surface area (TPSA) is 69.7 Å². The van der Waals surface area contributed by atoms with E-state index in [-0.39, 0.29) is 23.8 Å². The Balaban J connectivity index is 1.44. The molecule has 1 aromatic carbocycles. The number of nitrogens with zero attached hydrogens (tertiary/aromatic N) is 2. The third-order valence-corrected chi connectivity index (χ3v) is 7.60. The summed E-state index contributed by atoms with van der Waals surface area (Å²) < 4.78 is 0. The van der Waals surface area contributed by atoms with E-state index in [9.17, 15) is 14.4 Å². The van der Waals surface area contributed by atoms with Crippen LogP contribution in [0.1, 0.15) is 71.6 Å². The molecule has 0 aromatic heterocycles. The molecule has 6 nitrogen and oxygen atoms in total. The summed E-state index contributed by atoms with van der Waals surface area (Å²) in [6, 6.07) is 7.89. The predicted molar refractivity (Wildman–Crippen MR) is 130 cm³/mol. The Morgan fingerprint density at radius 3 is 2.44 bits per heavy atom. The number of amides is 3. The number of para-hydroxylation sites is 1. The van der Waals surface area contributed by atoms with Gasteiger partial charge in [0.25, 0.3) is 0 Å². The number of unbranched alkanes of at least 4 members (excludes halogenated alkanes) is 5. The second kappa shape index (κ2) is 12.3. The molecule has 2 heterocycles. The molecule has 0 spiro atoms. The number of benzene rings is 1. The highest BCUT2D eigenvalue weighted by molar-refractivity contribution is 8.01. The van der Waals surface area contributed by atoms with Gasteiger partial charge in [0.2, 0.25) is 17.7 Å². The molecular formula is C25H37N3O3S.